The summed E-state index contributed by atoms with van der Waals surface area (Å²) in [5.74, 6) is -1.68. The topological polar surface area (TPSA) is 92.2 Å². The third kappa shape index (κ3) is 3.40. The molecule has 1 aromatic rings. The molecule has 20 heavy (non-hydrogen) atoms. The van der Waals surface area contributed by atoms with Gasteiger partial charge in [-0.1, -0.05) is 12.2 Å². The highest BCUT2D eigenvalue weighted by molar-refractivity contribution is 5.85. The standard InChI is InChI=1S/C14H17N3O3/c1-9-15-7-6-10(17-9)8-16-13(18)11-4-2-3-5-12(11)14(19)20/h2-3,6-7,11-12H,4-5,8H2,1H3,(H,16,18)(H,19,20)/t11-,12-/m1/s1. The Labute approximate surface area is 116 Å². The average molecular weight is 275 g/mol. The van der Waals surface area contributed by atoms with Crippen LogP contribution in [-0.2, 0) is 16.1 Å². The average Bonchev–Trinajstić information content (AvgIpc) is 2.45. The third-order valence-electron chi connectivity index (χ3n) is 3.36. The van der Waals surface area contributed by atoms with E-state index in [4.69, 9.17) is 5.11 Å². The van der Waals surface area contributed by atoms with Crippen molar-refractivity contribution in [3.05, 3.63) is 35.9 Å². The molecule has 106 valence electrons. The van der Waals surface area contributed by atoms with E-state index in [1.165, 1.54) is 0 Å². The maximum Gasteiger partial charge on any atom is 0.307 e. The van der Waals surface area contributed by atoms with Crippen molar-refractivity contribution in [2.24, 2.45) is 11.8 Å². The van der Waals surface area contributed by atoms with Crippen LogP contribution in [0, 0.1) is 18.8 Å². The van der Waals surface area contributed by atoms with E-state index in [0.717, 1.165) is 0 Å². The molecule has 0 saturated heterocycles. The molecule has 1 heterocycles. The van der Waals surface area contributed by atoms with E-state index in [1.54, 1.807) is 19.2 Å². The van der Waals surface area contributed by atoms with Gasteiger partial charge in [-0.25, -0.2) is 9.97 Å². The number of aryl methyl sites for hydroxylation is 1. The van der Waals surface area contributed by atoms with Gasteiger partial charge in [0, 0.05) is 6.20 Å². The van der Waals surface area contributed by atoms with Gasteiger partial charge in [0.15, 0.2) is 0 Å². The second-order valence-electron chi connectivity index (χ2n) is 4.81. The van der Waals surface area contributed by atoms with Crippen molar-refractivity contribution >= 4 is 11.9 Å². The van der Waals surface area contributed by atoms with Gasteiger partial charge in [-0.15, -0.1) is 0 Å². The van der Waals surface area contributed by atoms with E-state index in [1.807, 2.05) is 12.2 Å². The molecule has 0 spiro atoms. The van der Waals surface area contributed by atoms with E-state index < -0.39 is 17.8 Å². The molecule has 2 N–H and O–H groups in total. The zero-order valence-corrected chi connectivity index (χ0v) is 11.2. The summed E-state index contributed by atoms with van der Waals surface area (Å²) < 4.78 is 0. The summed E-state index contributed by atoms with van der Waals surface area (Å²) in [6.45, 7) is 2.06. The molecule has 6 heteroatoms. The molecule has 2 atom stereocenters. The van der Waals surface area contributed by atoms with Crippen LogP contribution in [0.4, 0.5) is 0 Å². The first-order valence-corrected chi connectivity index (χ1v) is 6.52. The van der Waals surface area contributed by atoms with Crippen molar-refractivity contribution in [2.75, 3.05) is 0 Å². The summed E-state index contributed by atoms with van der Waals surface area (Å²) in [5, 5.41) is 11.9. The number of nitrogens with one attached hydrogen (secondary N) is 1. The van der Waals surface area contributed by atoms with Crippen LogP contribution in [0.25, 0.3) is 0 Å². The molecule has 0 saturated carbocycles. The van der Waals surface area contributed by atoms with Crippen molar-refractivity contribution in [3.8, 4) is 0 Å². The first-order valence-electron chi connectivity index (χ1n) is 6.52. The maximum absolute atomic E-state index is 12.1. The smallest absolute Gasteiger partial charge is 0.307 e. The second-order valence-corrected chi connectivity index (χ2v) is 4.81. The minimum absolute atomic E-state index is 0.238. The Morgan fingerprint density at radius 1 is 1.35 bits per heavy atom. The van der Waals surface area contributed by atoms with Gasteiger partial charge in [-0.2, -0.15) is 0 Å². The van der Waals surface area contributed by atoms with Gasteiger partial charge < -0.3 is 10.4 Å². The fourth-order valence-corrected chi connectivity index (χ4v) is 2.29. The van der Waals surface area contributed by atoms with Crippen LogP contribution in [0.5, 0.6) is 0 Å². The predicted molar refractivity (Wildman–Crippen MR) is 71.6 cm³/mol. The number of carboxylic acids is 1. The van der Waals surface area contributed by atoms with E-state index in [-0.39, 0.29) is 12.5 Å². The highest BCUT2D eigenvalue weighted by atomic mass is 16.4. The summed E-state index contributed by atoms with van der Waals surface area (Å²) in [6.07, 6.45) is 6.17. The lowest BCUT2D eigenvalue weighted by molar-refractivity contribution is -0.147. The number of aromatic nitrogens is 2. The first kappa shape index (κ1) is 14.2. The van der Waals surface area contributed by atoms with Crippen molar-refractivity contribution in [3.63, 3.8) is 0 Å². The van der Waals surface area contributed by atoms with Gasteiger partial charge >= 0.3 is 5.97 Å². The van der Waals surface area contributed by atoms with Crippen LogP contribution in [0.15, 0.2) is 24.4 Å². The van der Waals surface area contributed by atoms with Crippen LogP contribution in [-0.4, -0.2) is 27.0 Å². The summed E-state index contributed by atoms with van der Waals surface area (Å²) in [7, 11) is 0. The molecule has 0 bridgehead atoms. The van der Waals surface area contributed by atoms with Crippen LogP contribution in [0.2, 0.25) is 0 Å². The Morgan fingerprint density at radius 2 is 2.05 bits per heavy atom. The zero-order valence-electron chi connectivity index (χ0n) is 11.2. The summed E-state index contributed by atoms with van der Waals surface area (Å²) in [5.41, 5.74) is 0.712. The number of allylic oxidation sites excluding steroid dienone is 2. The normalized spacial score (nSPS) is 21.4. The highest BCUT2D eigenvalue weighted by Crippen LogP contribution is 2.26. The number of nitrogens with zero attached hydrogens (tertiary/aromatic N) is 2. The summed E-state index contributed by atoms with van der Waals surface area (Å²) >= 11 is 0. The van der Waals surface area contributed by atoms with Crippen molar-refractivity contribution in [2.45, 2.75) is 26.3 Å². The minimum atomic E-state index is -0.924. The molecular formula is C14H17N3O3. The molecule has 0 aliphatic heterocycles. The van der Waals surface area contributed by atoms with Gasteiger partial charge in [-0.05, 0) is 25.8 Å². The van der Waals surface area contributed by atoms with Crippen LogP contribution in [0.3, 0.4) is 0 Å². The Hall–Kier alpha value is -2.24. The number of carbonyl (C=O) groups excluding carboxylic acids is 1. The van der Waals surface area contributed by atoms with E-state index in [0.29, 0.717) is 24.4 Å². The number of hydrogen-bond donors (Lipinski definition) is 2. The fourth-order valence-electron chi connectivity index (χ4n) is 2.29. The summed E-state index contributed by atoms with van der Waals surface area (Å²) in [6, 6.07) is 1.72. The number of rotatable bonds is 4. The number of carboxylic acid groups (broad SMARTS) is 1. The Balaban J connectivity index is 1.97. The molecule has 1 amide bonds. The largest absolute Gasteiger partial charge is 0.481 e. The predicted octanol–water partition coefficient (Wildman–Crippen LogP) is 1.07. The second kappa shape index (κ2) is 6.27. The Bertz CT molecular complexity index is 542. The van der Waals surface area contributed by atoms with Gasteiger partial charge in [0.05, 0.1) is 24.1 Å². The SMILES string of the molecule is Cc1nccc(CNC(=O)[C@@H]2CC=CC[C@H]2C(=O)O)n1. The lowest BCUT2D eigenvalue weighted by atomic mass is 9.82. The quantitative estimate of drug-likeness (QED) is 0.802. The van der Waals surface area contributed by atoms with Crippen LogP contribution < -0.4 is 5.32 Å². The molecule has 0 unspecified atom stereocenters. The molecule has 2 rings (SSSR count). The number of aliphatic carboxylic acids is 1. The van der Waals surface area contributed by atoms with Crippen LogP contribution >= 0.6 is 0 Å². The Morgan fingerprint density at radius 3 is 2.70 bits per heavy atom. The van der Waals surface area contributed by atoms with E-state index >= 15 is 0 Å². The maximum atomic E-state index is 12.1. The van der Waals surface area contributed by atoms with Crippen LogP contribution in [0.1, 0.15) is 24.4 Å². The molecule has 0 fully saturated rings. The first-order chi connectivity index (χ1) is 9.58. The molecule has 1 aromatic heterocycles. The minimum Gasteiger partial charge on any atom is -0.481 e. The molecule has 1 aliphatic carbocycles. The monoisotopic (exact) mass is 275 g/mol. The number of carbonyl (C=O) groups is 2. The van der Waals surface area contributed by atoms with E-state index in [9.17, 15) is 9.59 Å². The molecule has 1 aliphatic rings. The number of amides is 1. The highest BCUT2D eigenvalue weighted by Gasteiger charge is 2.33. The lowest BCUT2D eigenvalue weighted by Crippen LogP contribution is -2.38. The van der Waals surface area contributed by atoms with Gasteiger partial charge in [0.1, 0.15) is 5.82 Å². The third-order valence-corrected chi connectivity index (χ3v) is 3.36. The summed E-state index contributed by atoms with van der Waals surface area (Å²) in [4.78, 5) is 31.4. The lowest BCUT2D eigenvalue weighted by Gasteiger charge is -2.24. The molecule has 6 nitrogen and oxygen atoms in total. The fraction of sp³-hybridized carbons (Fsp3) is 0.429. The van der Waals surface area contributed by atoms with Gasteiger partial charge in [-0.3, -0.25) is 9.59 Å². The molecular weight excluding hydrogens is 258 g/mol. The van der Waals surface area contributed by atoms with Crippen molar-refractivity contribution < 1.29 is 14.7 Å². The van der Waals surface area contributed by atoms with E-state index in [2.05, 4.69) is 15.3 Å². The van der Waals surface area contributed by atoms with Crippen molar-refractivity contribution in [1.82, 2.24) is 15.3 Å². The van der Waals surface area contributed by atoms with Crippen molar-refractivity contribution in [1.29, 1.82) is 0 Å². The number of hydrogen-bond acceptors (Lipinski definition) is 4. The van der Waals surface area contributed by atoms with Gasteiger partial charge in [0.25, 0.3) is 0 Å². The van der Waals surface area contributed by atoms with Gasteiger partial charge in [0.2, 0.25) is 5.91 Å². The molecule has 0 aromatic carbocycles. The molecule has 0 radical (unpaired) electrons. The zero-order chi connectivity index (χ0) is 14.5. The Kier molecular flexibility index (Phi) is 4.45.